The third-order valence-electron chi connectivity index (χ3n) is 5.36. The van der Waals surface area contributed by atoms with Gasteiger partial charge in [-0.25, -0.2) is 14.4 Å². The van der Waals surface area contributed by atoms with Gasteiger partial charge in [0.05, 0.1) is 18.3 Å². The van der Waals surface area contributed by atoms with E-state index in [2.05, 4.69) is 6.58 Å². The number of ether oxygens (including phenoxy) is 4. The summed E-state index contributed by atoms with van der Waals surface area (Å²) in [4.78, 5) is 35.7. The summed E-state index contributed by atoms with van der Waals surface area (Å²) in [6, 6.07) is 6.40. The van der Waals surface area contributed by atoms with E-state index in [0.717, 1.165) is 18.1 Å². The Labute approximate surface area is 221 Å². The van der Waals surface area contributed by atoms with Gasteiger partial charge in [0, 0.05) is 25.2 Å². The zero-order chi connectivity index (χ0) is 27.2. The zero-order valence-electron chi connectivity index (χ0n) is 20.9. The number of unbranched alkanes of at least 4 members (excludes halogenated alkanes) is 1. The van der Waals surface area contributed by atoms with Gasteiger partial charge < -0.3 is 24.1 Å². The lowest BCUT2D eigenvalue weighted by molar-refractivity contribution is -0.138. The molecule has 1 unspecified atom stereocenters. The minimum absolute atomic E-state index is 0.134. The largest absolute Gasteiger partial charge is 0.508 e. The average Bonchev–Trinajstić information content (AvgIpc) is 3.15. The Morgan fingerprint density at radius 2 is 1.79 bits per heavy atom. The summed E-state index contributed by atoms with van der Waals surface area (Å²) < 4.78 is 21.5. The summed E-state index contributed by atoms with van der Waals surface area (Å²) >= 11 is 0. The molecule has 8 nitrogen and oxygen atoms in total. The monoisotopic (exact) mass is 518 g/mol. The Hall–Kier alpha value is -4.43. The van der Waals surface area contributed by atoms with E-state index in [9.17, 15) is 19.5 Å². The molecule has 0 spiro atoms. The van der Waals surface area contributed by atoms with E-state index in [1.54, 1.807) is 54.7 Å². The number of hydrogen-bond acceptors (Lipinski definition) is 8. The molecule has 0 aliphatic heterocycles. The van der Waals surface area contributed by atoms with Gasteiger partial charge in [0.2, 0.25) is 0 Å². The lowest BCUT2D eigenvalue weighted by atomic mass is 10.1. The van der Waals surface area contributed by atoms with E-state index in [1.807, 2.05) is 6.08 Å². The normalized spacial score (nSPS) is 16.6. The highest BCUT2D eigenvalue weighted by molar-refractivity contribution is 5.92. The van der Waals surface area contributed by atoms with Crippen molar-refractivity contribution in [1.82, 2.24) is 0 Å². The molecule has 1 aromatic rings. The first-order chi connectivity index (χ1) is 18.4. The van der Waals surface area contributed by atoms with Crippen LogP contribution < -0.4 is 0 Å². The van der Waals surface area contributed by atoms with E-state index in [-0.39, 0.29) is 11.9 Å². The molecule has 1 aromatic carbocycles. The van der Waals surface area contributed by atoms with Gasteiger partial charge in [-0.2, -0.15) is 0 Å². The first-order valence-electron chi connectivity index (χ1n) is 12.2. The molecule has 2 aliphatic rings. The Morgan fingerprint density at radius 3 is 2.53 bits per heavy atom. The average molecular weight is 519 g/mol. The first kappa shape index (κ1) is 28.1. The van der Waals surface area contributed by atoms with Crippen LogP contribution in [0.15, 0.2) is 103 Å². The van der Waals surface area contributed by atoms with E-state index in [4.69, 9.17) is 18.9 Å². The number of aromatic hydroxyl groups is 1. The van der Waals surface area contributed by atoms with Crippen LogP contribution in [0.5, 0.6) is 5.75 Å². The number of phenols is 1. The maximum absolute atomic E-state index is 12.6. The van der Waals surface area contributed by atoms with Gasteiger partial charge in [0.25, 0.3) is 0 Å². The standard InChI is InChI=1S/C30H30O8/c1-2-28(32)36-21-4-3-20-35-25-15-11-23(12-16-25)30(34)38-27-7-5-6-26(17-18-27)37-29(33)19-10-22-8-13-24(31)14-9-22/h2,5-6,8-15,17-19,25,31H,1,3-4,7,16,20-21H2/b19-10+. The van der Waals surface area contributed by atoms with Crippen LogP contribution in [0.1, 0.15) is 31.2 Å². The molecule has 3 rings (SSSR count). The first-order valence-corrected chi connectivity index (χ1v) is 12.2. The van der Waals surface area contributed by atoms with Crippen molar-refractivity contribution in [3.63, 3.8) is 0 Å². The second-order valence-electron chi connectivity index (χ2n) is 8.29. The van der Waals surface area contributed by atoms with Crippen molar-refractivity contribution in [2.45, 2.75) is 31.8 Å². The summed E-state index contributed by atoms with van der Waals surface area (Å²) in [5, 5.41) is 9.31. The van der Waals surface area contributed by atoms with Crippen molar-refractivity contribution >= 4 is 24.0 Å². The summed E-state index contributed by atoms with van der Waals surface area (Å²) in [5.41, 5.74) is 1.18. The third kappa shape index (κ3) is 9.91. The van der Waals surface area contributed by atoms with E-state index in [0.29, 0.717) is 49.6 Å². The molecule has 2 aliphatic carbocycles. The highest BCUT2D eigenvalue weighted by Gasteiger charge is 2.17. The minimum atomic E-state index is -0.562. The number of esters is 3. The number of allylic oxidation sites excluding steroid dienone is 4. The molecule has 0 saturated heterocycles. The maximum Gasteiger partial charge on any atom is 0.342 e. The van der Waals surface area contributed by atoms with Gasteiger partial charge >= 0.3 is 17.9 Å². The fraction of sp³-hybridized carbons (Fsp3) is 0.233. The SMILES string of the molecule is C=CC(=O)OCCCCOC1C=CC(C(=O)OC2=CC=C(OC(=O)/C=C/c3ccc(O)cc3)C=CC2)=CC1. The van der Waals surface area contributed by atoms with Crippen molar-refractivity contribution in [3.05, 3.63) is 108 Å². The maximum atomic E-state index is 12.6. The zero-order valence-corrected chi connectivity index (χ0v) is 20.9. The Kier molecular flexibility index (Phi) is 11.1. The highest BCUT2D eigenvalue weighted by Crippen LogP contribution is 2.19. The summed E-state index contributed by atoms with van der Waals surface area (Å²) in [7, 11) is 0. The Morgan fingerprint density at radius 1 is 1.00 bits per heavy atom. The fourth-order valence-corrected chi connectivity index (χ4v) is 3.36. The molecule has 1 atom stereocenters. The van der Waals surface area contributed by atoms with E-state index >= 15 is 0 Å². The second-order valence-corrected chi connectivity index (χ2v) is 8.29. The number of carbonyl (C=O) groups excluding carboxylic acids is 3. The topological polar surface area (TPSA) is 108 Å². The van der Waals surface area contributed by atoms with Crippen LogP contribution in [0.3, 0.4) is 0 Å². The van der Waals surface area contributed by atoms with Crippen molar-refractivity contribution in [2.75, 3.05) is 13.2 Å². The van der Waals surface area contributed by atoms with E-state index < -0.39 is 17.9 Å². The molecule has 38 heavy (non-hydrogen) atoms. The molecule has 0 amide bonds. The smallest absolute Gasteiger partial charge is 0.342 e. The molecule has 1 N–H and O–H groups in total. The number of phenolic OH excluding ortho intramolecular Hbond substituents is 1. The molecule has 0 radical (unpaired) electrons. The second kappa shape index (κ2) is 15.0. The van der Waals surface area contributed by atoms with Crippen molar-refractivity contribution in [1.29, 1.82) is 0 Å². The number of hydrogen-bond donors (Lipinski definition) is 1. The summed E-state index contributed by atoms with van der Waals surface area (Å²) in [6.45, 7) is 4.18. The predicted octanol–water partition coefficient (Wildman–Crippen LogP) is 5.00. The fourth-order valence-electron chi connectivity index (χ4n) is 3.36. The van der Waals surface area contributed by atoms with Gasteiger partial charge in [0.15, 0.2) is 0 Å². The Balaban J connectivity index is 1.40. The summed E-state index contributed by atoms with van der Waals surface area (Å²) in [6.07, 6.45) is 18.0. The van der Waals surface area contributed by atoms with Crippen molar-refractivity contribution in [3.8, 4) is 5.75 Å². The molecule has 198 valence electrons. The lowest BCUT2D eigenvalue weighted by Crippen LogP contribution is -2.16. The molecule has 0 aromatic heterocycles. The molecule has 8 heteroatoms. The minimum Gasteiger partial charge on any atom is -0.508 e. The van der Waals surface area contributed by atoms with Crippen LogP contribution >= 0.6 is 0 Å². The van der Waals surface area contributed by atoms with Gasteiger partial charge in [-0.05, 0) is 67.3 Å². The molecule has 0 bridgehead atoms. The van der Waals surface area contributed by atoms with Gasteiger partial charge in [0.1, 0.15) is 17.3 Å². The van der Waals surface area contributed by atoms with Crippen LogP contribution in [0.4, 0.5) is 0 Å². The van der Waals surface area contributed by atoms with Gasteiger partial charge in [-0.1, -0.05) is 36.9 Å². The highest BCUT2D eigenvalue weighted by atomic mass is 16.5. The summed E-state index contributed by atoms with van der Waals surface area (Å²) in [5.74, 6) is -0.599. The third-order valence-corrected chi connectivity index (χ3v) is 5.36. The quantitative estimate of drug-likeness (QED) is 0.178. The van der Waals surface area contributed by atoms with Crippen LogP contribution in [0, 0.1) is 0 Å². The van der Waals surface area contributed by atoms with Crippen LogP contribution in [-0.2, 0) is 33.3 Å². The van der Waals surface area contributed by atoms with Crippen LogP contribution in [0.25, 0.3) is 6.08 Å². The number of carbonyl (C=O) groups is 3. The van der Waals surface area contributed by atoms with Crippen molar-refractivity contribution < 1.29 is 38.4 Å². The predicted molar refractivity (Wildman–Crippen MR) is 141 cm³/mol. The lowest BCUT2D eigenvalue weighted by Gasteiger charge is -2.17. The number of rotatable bonds is 12. The molecule has 0 fully saturated rings. The molecule has 0 heterocycles. The van der Waals surface area contributed by atoms with Crippen LogP contribution in [0.2, 0.25) is 0 Å². The van der Waals surface area contributed by atoms with E-state index in [1.165, 1.54) is 18.2 Å². The van der Waals surface area contributed by atoms with Crippen molar-refractivity contribution in [2.24, 2.45) is 0 Å². The van der Waals surface area contributed by atoms with Gasteiger partial charge in [-0.15, -0.1) is 0 Å². The Bertz CT molecular complexity index is 1200. The molecular weight excluding hydrogens is 488 g/mol. The molecular formula is C30H30O8. The van der Waals surface area contributed by atoms with Crippen LogP contribution in [-0.4, -0.2) is 42.3 Å². The molecule has 0 saturated carbocycles. The number of benzene rings is 1. The van der Waals surface area contributed by atoms with Gasteiger partial charge in [-0.3, -0.25) is 0 Å².